The number of ether oxygens (including phenoxy) is 1. The fourth-order valence-electron chi connectivity index (χ4n) is 7.90. The molecule has 4 heteroatoms. The molecule has 0 saturated carbocycles. The molecule has 4 heterocycles. The number of quaternary nitrogens is 1. The Bertz CT molecular complexity index is 1670. The van der Waals surface area contributed by atoms with E-state index in [1.165, 1.54) is 44.5 Å². The van der Waals surface area contributed by atoms with Crippen molar-refractivity contribution in [3.8, 4) is 0 Å². The van der Waals surface area contributed by atoms with Crippen molar-refractivity contribution >= 4 is 32.4 Å². The van der Waals surface area contributed by atoms with Crippen molar-refractivity contribution in [1.29, 1.82) is 0 Å². The number of aromatic nitrogens is 1. The Labute approximate surface area is 253 Å². The molecule has 5 aromatic rings. The van der Waals surface area contributed by atoms with Crippen LogP contribution in [0.4, 0.5) is 0 Å². The monoisotopic (exact) mass is 604 g/mol. The van der Waals surface area contributed by atoms with E-state index in [1.807, 2.05) is 12.3 Å². The fraction of sp³-hybridized carbons (Fsp3) is 0.270. The second kappa shape index (κ2) is 11.5. The highest BCUT2D eigenvalue weighted by atomic mass is 79.9. The Morgan fingerprint density at radius 2 is 1.59 bits per heavy atom. The molecule has 0 aliphatic carbocycles. The third-order valence-electron chi connectivity index (χ3n) is 9.76. The summed E-state index contributed by atoms with van der Waals surface area (Å²) in [6.07, 6.45) is 8.41. The highest BCUT2D eigenvalue weighted by molar-refractivity contribution is 6.02. The summed E-state index contributed by atoms with van der Waals surface area (Å²) in [4.78, 5) is 4.68. The summed E-state index contributed by atoms with van der Waals surface area (Å²) in [6.45, 7) is 12.1. The zero-order valence-electron chi connectivity index (χ0n) is 23.5. The lowest BCUT2D eigenvalue weighted by Gasteiger charge is -2.58. The largest absolute Gasteiger partial charge is 1.00 e. The van der Waals surface area contributed by atoms with Gasteiger partial charge in [0.05, 0.1) is 25.2 Å². The second-order valence-electron chi connectivity index (χ2n) is 11.8. The molecule has 2 bridgehead atoms. The van der Waals surface area contributed by atoms with Crippen LogP contribution in [0.15, 0.2) is 116 Å². The lowest BCUT2D eigenvalue weighted by molar-refractivity contribution is -0.984. The van der Waals surface area contributed by atoms with Crippen molar-refractivity contribution in [3.63, 3.8) is 0 Å². The summed E-state index contributed by atoms with van der Waals surface area (Å²) in [5.74, 6) is 1.18. The van der Waals surface area contributed by atoms with E-state index in [9.17, 15) is 0 Å². The molecular weight excluding hydrogens is 568 g/mol. The molecule has 0 amide bonds. The van der Waals surface area contributed by atoms with Gasteiger partial charge in [-0.05, 0) is 51.2 Å². The average Bonchev–Trinajstić information content (AvgIpc) is 3.01. The van der Waals surface area contributed by atoms with Gasteiger partial charge >= 0.3 is 0 Å². The molecule has 2 unspecified atom stereocenters. The Kier molecular flexibility index (Phi) is 7.82. The predicted octanol–water partition coefficient (Wildman–Crippen LogP) is 5.40. The first-order valence-corrected chi connectivity index (χ1v) is 14.6. The molecule has 0 spiro atoms. The first-order chi connectivity index (χ1) is 19.7. The van der Waals surface area contributed by atoms with Crippen molar-refractivity contribution < 1.29 is 26.2 Å². The molecule has 3 aliphatic heterocycles. The minimum Gasteiger partial charge on any atom is -1.00 e. The second-order valence-corrected chi connectivity index (χ2v) is 11.8. The van der Waals surface area contributed by atoms with Crippen LogP contribution in [0.2, 0.25) is 0 Å². The molecule has 0 N–H and O–H groups in total. The van der Waals surface area contributed by atoms with Crippen LogP contribution in [0, 0.1) is 11.8 Å². The number of hydrogen-bond acceptors (Lipinski definition) is 2. The molecule has 41 heavy (non-hydrogen) atoms. The van der Waals surface area contributed by atoms with Crippen LogP contribution in [0.1, 0.15) is 30.1 Å². The maximum Gasteiger partial charge on any atom is 0.135 e. The molecule has 3 aliphatic rings. The number of para-hydroxylation sites is 1. The molecule has 0 radical (unpaired) electrons. The summed E-state index contributed by atoms with van der Waals surface area (Å²) in [5, 5.41) is 6.56. The maximum atomic E-state index is 6.80. The Hall–Kier alpha value is -3.31. The van der Waals surface area contributed by atoms with Gasteiger partial charge in [0.25, 0.3) is 0 Å². The lowest BCUT2D eigenvalue weighted by Crippen LogP contribution is -3.00. The van der Waals surface area contributed by atoms with Gasteiger partial charge in [0, 0.05) is 35.9 Å². The van der Waals surface area contributed by atoms with E-state index in [4.69, 9.17) is 4.74 Å². The smallest absolute Gasteiger partial charge is 0.135 e. The molecule has 1 aromatic heterocycles. The lowest BCUT2D eigenvalue weighted by atomic mass is 9.70. The van der Waals surface area contributed by atoms with Crippen molar-refractivity contribution in [2.45, 2.75) is 31.5 Å². The van der Waals surface area contributed by atoms with E-state index < -0.39 is 0 Å². The van der Waals surface area contributed by atoms with Crippen molar-refractivity contribution in [2.75, 3.05) is 19.7 Å². The summed E-state index contributed by atoms with van der Waals surface area (Å²) < 4.78 is 7.81. The number of benzene rings is 4. The summed E-state index contributed by atoms with van der Waals surface area (Å²) in [7, 11) is 0. The molecule has 4 aromatic carbocycles. The van der Waals surface area contributed by atoms with Gasteiger partial charge in [0.2, 0.25) is 0 Å². The zero-order chi connectivity index (χ0) is 27.1. The van der Waals surface area contributed by atoms with Gasteiger partial charge in [-0.2, -0.15) is 0 Å². The van der Waals surface area contributed by atoms with E-state index in [1.54, 1.807) is 0 Å². The van der Waals surface area contributed by atoms with E-state index in [2.05, 4.69) is 109 Å². The van der Waals surface area contributed by atoms with Crippen molar-refractivity contribution in [2.24, 2.45) is 11.8 Å². The number of pyridine rings is 1. The van der Waals surface area contributed by atoms with Crippen LogP contribution < -0.4 is 17.0 Å². The number of nitrogens with zero attached hydrogens (tertiary/aromatic N) is 2. The minimum atomic E-state index is -0.0410. The number of halogens is 1. The number of fused-ring (bicyclic) bond motifs is 6. The van der Waals surface area contributed by atoms with Gasteiger partial charge in [-0.15, -0.1) is 13.2 Å². The maximum absolute atomic E-state index is 6.80. The minimum absolute atomic E-state index is 0. The first kappa shape index (κ1) is 27.8. The van der Waals surface area contributed by atoms with Crippen LogP contribution in [0.5, 0.6) is 0 Å². The third-order valence-corrected chi connectivity index (χ3v) is 9.76. The van der Waals surface area contributed by atoms with E-state index in [0.717, 1.165) is 36.1 Å². The predicted molar refractivity (Wildman–Crippen MR) is 166 cm³/mol. The van der Waals surface area contributed by atoms with Gasteiger partial charge in [0.1, 0.15) is 18.7 Å². The molecule has 3 fully saturated rings. The normalized spacial score (nSPS) is 24.2. The molecule has 208 valence electrons. The van der Waals surface area contributed by atoms with E-state index in [-0.39, 0.29) is 23.1 Å². The number of piperidine rings is 3. The topological polar surface area (TPSA) is 22.1 Å². The van der Waals surface area contributed by atoms with E-state index in [0.29, 0.717) is 24.5 Å². The quantitative estimate of drug-likeness (QED) is 0.134. The highest BCUT2D eigenvalue weighted by Crippen LogP contribution is 2.50. The molecular formula is C37H37BrN2O. The van der Waals surface area contributed by atoms with Crippen LogP contribution in [-0.4, -0.2) is 35.2 Å². The van der Waals surface area contributed by atoms with Gasteiger partial charge in [-0.3, -0.25) is 4.98 Å². The Balaban J connectivity index is 0.00000302. The molecule has 3 saturated heterocycles. The molecule has 3 nitrogen and oxygen atoms in total. The Morgan fingerprint density at radius 3 is 2.29 bits per heavy atom. The molecule has 5 atom stereocenters. The highest BCUT2D eigenvalue weighted by Gasteiger charge is 2.54. The van der Waals surface area contributed by atoms with Crippen LogP contribution in [0.3, 0.4) is 0 Å². The van der Waals surface area contributed by atoms with Crippen molar-refractivity contribution in [1.82, 2.24) is 4.98 Å². The Morgan fingerprint density at radius 1 is 0.902 bits per heavy atom. The average molecular weight is 606 g/mol. The number of rotatable bonds is 8. The van der Waals surface area contributed by atoms with Gasteiger partial charge in [-0.25, -0.2) is 0 Å². The van der Waals surface area contributed by atoms with Crippen LogP contribution in [-0.2, 0) is 11.3 Å². The van der Waals surface area contributed by atoms with Gasteiger partial charge in [-0.1, -0.05) is 78.9 Å². The van der Waals surface area contributed by atoms with Gasteiger partial charge in [0.15, 0.2) is 0 Å². The third kappa shape index (κ3) is 4.82. The van der Waals surface area contributed by atoms with Crippen LogP contribution >= 0.6 is 0 Å². The fourth-order valence-corrected chi connectivity index (χ4v) is 7.90. The van der Waals surface area contributed by atoms with Crippen LogP contribution in [0.25, 0.3) is 32.4 Å². The molecule has 8 rings (SSSR count). The standard InChI is InChI=1S/C37H37N2O.BrH/c1-3-21-40-37(33-17-19-38-35-16-10-9-15-32(33)35)36-23-27-18-20-39(36,24-26(27)4-2)25-34-30-13-7-5-11-28(30)22-29-12-6-8-14-31(29)34;/h3-17,19,22,26-27,36-37H,1-2,18,20-21,23-25H2;1H/q+1;/p-1/t26-,27-,36-,37?,39?;/m1./s1. The van der Waals surface area contributed by atoms with Crippen molar-refractivity contribution in [3.05, 3.63) is 128 Å². The summed E-state index contributed by atoms with van der Waals surface area (Å²) >= 11 is 0. The summed E-state index contributed by atoms with van der Waals surface area (Å²) in [5.41, 5.74) is 3.74. The summed E-state index contributed by atoms with van der Waals surface area (Å²) in [6, 6.07) is 31.2. The zero-order valence-corrected chi connectivity index (χ0v) is 25.0. The first-order valence-electron chi connectivity index (χ1n) is 14.6. The number of hydrogen-bond donors (Lipinski definition) is 0. The van der Waals surface area contributed by atoms with E-state index >= 15 is 0 Å². The van der Waals surface area contributed by atoms with Gasteiger partial charge < -0.3 is 26.2 Å². The SMILES string of the molecule is C=CCOC(c1ccnc2ccccc12)[C@H]1C[C@H]2CC[N+]1(Cc1c3ccccc3cc3ccccc13)C[C@H]2C=C.[Br-].